The number of carbonyl (C=O) groups excluding carboxylic acids is 1. The van der Waals surface area contributed by atoms with Gasteiger partial charge in [0, 0.05) is 12.7 Å². The van der Waals surface area contributed by atoms with Gasteiger partial charge in [-0.05, 0) is 36.4 Å². The average molecular weight is 285 g/mol. The summed E-state index contributed by atoms with van der Waals surface area (Å²) in [5, 5.41) is 8.91. The quantitative estimate of drug-likeness (QED) is 0.875. The Morgan fingerprint density at radius 2 is 1.67 bits per heavy atom. The van der Waals surface area contributed by atoms with Crippen molar-refractivity contribution in [2.75, 3.05) is 19.1 Å². The molecule has 0 bridgehead atoms. The zero-order chi connectivity index (χ0) is 15.4. The monoisotopic (exact) mass is 285 g/mol. The molecule has 21 heavy (non-hydrogen) atoms. The Kier molecular flexibility index (Phi) is 4.23. The van der Waals surface area contributed by atoms with Crippen molar-refractivity contribution in [3.8, 4) is 0 Å². The number of carboxylic acids is 1. The summed E-state index contributed by atoms with van der Waals surface area (Å²) >= 11 is 0. The van der Waals surface area contributed by atoms with Crippen molar-refractivity contribution in [3.05, 3.63) is 59.7 Å². The highest BCUT2D eigenvalue weighted by atomic mass is 16.5. The lowest BCUT2D eigenvalue weighted by molar-refractivity contribution is 0.0600. The van der Waals surface area contributed by atoms with Crippen molar-refractivity contribution in [1.29, 1.82) is 0 Å². The SMILES string of the molecule is COC(=O)c1ccccc1N(C)c1ccc(C(=O)O)cc1. The molecule has 0 radical (unpaired) electrons. The van der Waals surface area contributed by atoms with Crippen molar-refractivity contribution >= 4 is 23.3 Å². The number of esters is 1. The molecule has 0 aliphatic carbocycles. The fraction of sp³-hybridized carbons (Fsp3) is 0.125. The summed E-state index contributed by atoms with van der Waals surface area (Å²) < 4.78 is 4.77. The van der Waals surface area contributed by atoms with Gasteiger partial charge in [-0.15, -0.1) is 0 Å². The molecule has 108 valence electrons. The van der Waals surface area contributed by atoms with E-state index in [1.807, 2.05) is 6.07 Å². The number of anilines is 2. The predicted octanol–water partition coefficient (Wildman–Crippen LogP) is 2.94. The van der Waals surface area contributed by atoms with Crippen LogP contribution in [0.3, 0.4) is 0 Å². The van der Waals surface area contributed by atoms with Crippen LogP contribution in [-0.4, -0.2) is 31.2 Å². The van der Waals surface area contributed by atoms with Crippen LogP contribution >= 0.6 is 0 Å². The fourth-order valence-electron chi connectivity index (χ4n) is 2.02. The van der Waals surface area contributed by atoms with Crippen molar-refractivity contribution in [1.82, 2.24) is 0 Å². The molecule has 2 aromatic carbocycles. The first-order valence-electron chi connectivity index (χ1n) is 6.29. The number of rotatable bonds is 4. The van der Waals surface area contributed by atoms with Gasteiger partial charge >= 0.3 is 11.9 Å². The summed E-state index contributed by atoms with van der Waals surface area (Å²) in [7, 11) is 3.14. The maximum absolute atomic E-state index is 11.8. The molecule has 0 saturated carbocycles. The summed E-state index contributed by atoms with van der Waals surface area (Å²) in [6.45, 7) is 0. The van der Waals surface area contributed by atoms with Crippen LogP contribution in [0.25, 0.3) is 0 Å². The summed E-state index contributed by atoms with van der Waals surface area (Å²) in [5.41, 5.74) is 2.13. The minimum atomic E-state index is -0.973. The van der Waals surface area contributed by atoms with Crippen LogP contribution < -0.4 is 4.90 Å². The standard InChI is InChI=1S/C16H15NO4/c1-17(12-9-7-11(8-10-12)15(18)19)14-6-4-3-5-13(14)16(20)21-2/h3-10H,1-2H3,(H,18,19). The van der Waals surface area contributed by atoms with Crippen LogP contribution in [0.5, 0.6) is 0 Å². The van der Waals surface area contributed by atoms with E-state index in [0.29, 0.717) is 11.3 Å². The lowest BCUT2D eigenvalue weighted by Gasteiger charge is -2.21. The zero-order valence-electron chi connectivity index (χ0n) is 11.7. The van der Waals surface area contributed by atoms with Crippen LogP contribution in [0.4, 0.5) is 11.4 Å². The molecule has 0 aliphatic rings. The van der Waals surface area contributed by atoms with Crippen molar-refractivity contribution < 1.29 is 19.4 Å². The van der Waals surface area contributed by atoms with Crippen LogP contribution in [0.15, 0.2) is 48.5 Å². The molecule has 0 amide bonds. The Hall–Kier alpha value is -2.82. The second-order valence-electron chi connectivity index (χ2n) is 4.42. The third-order valence-electron chi connectivity index (χ3n) is 3.17. The Morgan fingerprint density at radius 3 is 2.24 bits per heavy atom. The highest BCUT2D eigenvalue weighted by Gasteiger charge is 2.15. The maximum Gasteiger partial charge on any atom is 0.339 e. The molecule has 0 unspecified atom stereocenters. The van der Waals surface area contributed by atoms with Gasteiger partial charge in [-0.25, -0.2) is 9.59 Å². The molecule has 0 atom stereocenters. The minimum Gasteiger partial charge on any atom is -0.478 e. The molecule has 5 nitrogen and oxygen atoms in total. The van der Waals surface area contributed by atoms with E-state index in [4.69, 9.17) is 9.84 Å². The van der Waals surface area contributed by atoms with E-state index in [1.165, 1.54) is 19.2 Å². The molecule has 5 heteroatoms. The van der Waals surface area contributed by atoms with Crippen LogP contribution in [0, 0.1) is 0 Å². The number of ether oxygens (including phenoxy) is 1. The molecular formula is C16H15NO4. The van der Waals surface area contributed by atoms with Gasteiger partial charge in [-0.2, -0.15) is 0 Å². The average Bonchev–Trinajstić information content (AvgIpc) is 2.53. The molecule has 0 fully saturated rings. The number of aromatic carboxylic acids is 1. The molecule has 2 aromatic rings. The van der Waals surface area contributed by atoms with Crippen LogP contribution in [-0.2, 0) is 4.74 Å². The first kappa shape index (κ1) is 14.6. The molecule has 0 aromatic heterocycles. The Balaban J connectivity index is 2.38. The first-order chi connectivity index (χ1) is 10.0. The lowest BCUT2D eigenvalue weighted by Crippen LogP contribution is -2.15. The molecule has 2 rings (SSSR count). The summed E-state index contributed by atoms with van der Waals surface area (Å²) in [4.78, 5) is 24.4. The normalized spacial score (nSPS) is 10.0. The summed E-state index contributed by atoms with van der Waals surface area (Å²) in [6, 6.07) is 13.5. The number of hydrogen-bond acceptors (Lipinski definition) is 4. The van der Waals surface area contributed by atoms with Gasteiger partial charge in [0.1, 0.15) is 0 Å². The zero-order valence-corrected chi connectivity index (χ0v) is 11.7. The molecule has 0 heterocycles. The minimum absolute atomic E-state index is 0.216. The number of carbonyl (C=O) groups is 2. The van der Waals surface area contributed by atoms with Gasteiger partial charge < -0.3 is 14.7 Å². The van der Waals surface area contributed by atoms with Crippen LogP contribution in [0.2, 0.25) is 0 Å². The summed E-state index contributed by atoms with van der Waals surface area (Å²) in [5.74, 6) is -1.39. The van der Waals surface area contributed by atoms with Gasteiger partial charge in [0.2, 0.25) is 0 Å². The van der Waals surface area contributed by atoms with E-state index in [1.54, 1.807) is 42.3 Å². The Labute approximate surface area is 122 Å². The third kappa shape index (κ3) is 3.02. The number of benzene rings is 2. The van der Waals surface area contributed by atoms with E-state index >= 15 is 0 Å². The number of hydrogen-bond donors (Lipinski definition) is 1. The highest BCUT2D eigenvalue weighted by molar-refractivity contribution is 5.97. The fourth-order valence-corrected chi connectivity index (χ4v) is 2.02. The molecule has 0 aliphatic heterocycles. The second kappa shape index (κ2) is 6.09. The molecule has 0 spiro atoms. The summed E-state index contributed by atoms with van der Waals surface area (Å²) in [6.07, 6.45) is 0. The smallest absolute Gasteiger partial charge is 0.339 e. The topological polar surface area (TPSA) is 66.8 Å². The van der Waals surface area contributed by atoms with Gasteiger partial charge in [0.25, 0.3) is 0 Å². The van der Waals surface area contributed by atoms with Crippen molar-refractivity contribution in [2.24, 2.45) is 0 Å². The molecular weight excluding hydrogens is 270 g/mol. The van der Waals surface area contributed by atoms with Gasteiger partial charge in [-0.3, -0.25) is 0 Å². The van der Waals surface area contributed by atoms with Gasteiger partial charge in [0.05, 0.1) is 23.9 Å². The third-order valence-corrected chi connectivity index (χ3v) is 3.17. The number of carboxylic acid groups (broad SMARTS) is 1. The predicted molar refractivity (Wildman–Crippen MR) is 79.2 cm³/mol. The van der Waals surface area contributed by atoms with E-state index in [-0.39, 0.29) is 5.56 Å². The highest BCUT2D eigenvalue weighted by Crippen LogP contribution is 2.27. The Bertz CT molecular complexity index is 664. The number of methoxy groups -OCH3 is 1. The second-order valence-corrected chi connectivity index (χ2v) is 4.42. The molecule has 1 N–H and O–H groups in total. The molecule has 0 saturated heterocycles. The van der Waals surface area contributed by atoms with Crippen molar-refractivity contribution in [2.45, 2.75) is 0 Å². The van der Waals surface area contributed by atoms with E-state index in [0.717, 1.165) is 5.69 Å². The largest absolute Gasteiger partial charge is 0.478 e. The van der Waals surface area contributed by atoms with Crippen LogP contribution in [0.1, 0.15) is 20.7 Å². The number of nitrogens with zero attached hydrogens (tertiary/aromatic N) is 1. The maximum atomic E-state index is 11.8. The lowest BCUT2D eigenvalue weighted by atomic mass is 10.1. The Morgan fingerprint density at radius 1 is 1.05 bits per heavy atom. The van der Waals surface area contributed by atoms with Gasteiger partial charge in [-0.1, -0.05) is 12.1 Å². The van der Waals surface area contributed by atoms with Gasteiger partial charge in [0.15, 0.2) is 0 Å². The van der Waals surface area contributed by atoms with Crippen molar-refractivity contribution in [3.63, 3.8) is 0 Å². The van der Waals surface area contributed by atoms with E-state index in [2.05, 4.69) is 0 Å². The first-order valence-corrected chi connectivity index (χ1v) is 6.29. The van der Waals surface area contributed by atoms with E-state index < -0.39 is 11.9 Å². The van der Waals surface area contributed by atoms with E-state index in [9.17, 15) is 9.59 Å². The number of para-hydroxylation sites is 1.